The summed E-state index contributed by atoms with van der Waals surface area (Å²) in [6.07, 6.45) is 1.75. The number of hydrogen-bond donors (Lipinski definition) is 3. The number of rotatable bonds is 5. The van der Waals surface area contributed by atoms with E-state index < -0.39 is 11.9 Å². The zero-order chi connectivity index (χ0) is 14.4. The molecule has 6 heteroatoms. The number of carboxylic acids is 1. The van der Waals surface area contributed by atoms with Gasteiger partial charge in [0.25, 0.3) is 0 Å². The molecule has 2 amide bonds. The minimum atomic E-state index is -0.879. The van der Waals surface area contributed by atoms with Gasteiger partial charge in [-0.3, -0.25) is 4.79 Å². The maximum Gasteiger partial charge on any atom is 0.317 e. The van der Waals surface area contributed by atoms with Crippen LogP contribution in [-0.2, 0) is 4.79 Å². The van der Waals surface area contributed by atoms with Crippen LogP contribution < -0.4 is 5.32 Å². The lowest BCUT2D eigenvalue weighted by atomic mass is 9.92. The number of hydrogen-bond acceptors (Lipinski definition) is 3. The second-order valence-corrected chi connectivity index (χ2v) is 5.19. The zero-order valence-electron chi connectivity index (χ0n) is 11.6. The molecule has 3 N–H and O–H groups in total. The summed E-state index contributed by atoms with van der Waals surface area (Å²) < 4.78 is 0. The van der Waals surface area contributed by atoms with Gasteiger partial charge in [0.1, 0.15) is 0 Å². The number of amides is 2. The summed E-state index contributed by atoms with van der Waals surface area (Å²) in [7, 11) is 0. The highest BCUT2D eigenvalue weighted by molar-refractivity contribution is 5.76. The minimum absolute atomic E-state index is 0.168. The lowest BCUT2D eigenvalue weighted by molar-refractivity contribution is -0.141. The van der Waals surface area contributed by atoms with Crippen LogP contribution in [0.25, 0.3) is 0 Å². The van der Waals surface area contributed by atoms with Crippen molar-refractivity contribution in [1.29, 1.82) is 0 Å². The van der Waals surface area contributed by atoms with E-state index in [0.717, 1.165) is 12.8 Å². The third-order valence-electron chi connectivity index (χ3n) is 3.85. The molecule has 0 spiro atoms. The molecule has 2 atom stereocenters. The number of carbonyl (C=O) groups is 2. The van der Waals surface area contributed by atoms with Gasteiger partial charge in [0.15, 0.2) is 0 Å². The van der Waals surface area contributed by atoms with Gasteiger partial charge in [-0.25, -0.2) is 4.79 Å². The highest BCUT2D eigenvalue weighted by Gasteiger charge is 2.26. The third kappa shape index (κ3) is 4.70. The molecule has 0 aliphatic carbocycles. The van der Waals surface area contributed by atoms with Crippen molar-refractivity contribution in [3.63, 3.8) is 0 Å². The molecule has 19 heavy (non-hydrogen) atoms. The number of aliphatic hydroxyl groups excluding tert-OH is 1. The van der Waals surface area contributed by atoms with E-state index in [4.69, 9.17) is 5.11 Å². The van der Waals surface area contributed by atoms with Crippen molar-refractivity contribution in [2.45, 2.75) is 39.2 Å². The second kappa shape index (κ2) is 7.33. The summed E-state index contributed by atoms with van der Waals surface area (Å²) >= 11 is 0. The second-order valence-electron chi connectivity index (χ2n) is 5.19. The summed E-state index contributed by atoms with van der Waals surface area (Å²) in [5, 5.41) is 21.1. The van der Waals surface area contributed by atoms with Crippen molar-refractivity contribution in [1.82, 2.24) is 10.2 Å². The minimum Gasteiger partial charge on any atom is -0.481 e. The molecule has 1 rings (SSSR count). The average molecular weight is 272 g/mol. The van der Waals surface area contributed by atoms with Gasteiger partial charge in [-0.05, 0) is 32.1 Å². The first-order valence-electron chi connectivity index (χ1n) is 6.89. The Bertz CT molecular complexity index is 312. The topological polar surface area (TPSA) is 89.9 Å². The van der Waals surface area contributed by atoms with E-state index in [-0.39, 0.29) is 24.6 Å². The fourth-order valence-corrected chi connectivity index (χ4v) is 2.31. The van der Waals surface area contributed by atoms with Crippen molar-refractivity contribution in [3.8, 4) is 0 Å². The Morgan fingerprint density at radius 1 is 1.37 bits per heavy atom. The van der Waals surface area contributed by atoms with Crippen LogP contribution in [0.1, 0.15) is 33.1 Å². The van der Waals surface area contributed by atoms with Gasteiger partial charge < -0.3 is 20.4 Å². The van der Waals surface area contributed by atoms with Gasteiger partial charge in [0.2, 0.25) is 0 Å². The molecule has 1 heterocycles. The zero-order valence-corrected chi connectivity index (χ0v) is 11.6. The first-order chi connectivity index (χ1) is 8.95. The average Bonchev–Trinajstić information content (AvgIpc) is 2.38. The highest BCUT2D eigenvalue weighted by Crippen LogP contribution is 2.20. The van der Waals surface area contributed by atoms with Gasteiger partial charge in [-0.1, -0.05) is 6.92 Å². The Labute approximate surface area is 113 Å². The summed E-state index contributed by atoms with van der Waals surface area (Å²) in [6.45, 7) is 4.97. The molecule has 2 unspecified atom stereocenters. The maximum absolute atomic E-state index is 11.9. The molecular weight excluding hydrogens is 248 g/mol. The van der Waals surface area contributed by atoms with Gasteiger partial charge in [-0.15, -0.1) is 0 Å². The van der Waals surface area contributed by atoms with Crippen LogP contribution in [0.3, 0.4) is 0 Å². The van der Waals surface area contributed by atoms with Crippen LogP contribution in [-0.4, -0.2) is 52.9 Å². The number of nitrogens with zero attached hydrogens (tertiary/aromatic N) is 1. The largest absolute Gasteiger partial charge is 0.481 e. The van der Waals surface area contributed by atoms with Gasteiger partial charge in [-0.2, -0.15) is 0 Å². The molecule has 110 valence electrons. The molecule has 1 aliphatic heterocycles. The van der Waals surface area contributed by atoms with Gasteiger partial charge in [0, 0.05) is 19.6 Å². The molecule has 0 aromatic carbocycles. The molecule has 1 saturated heterocycles. The normalized spacial score (nSPS) is 19.8. The van der Waals surface area contributed by atoms with Crippen LogP contribution in [0.2, 0.25) is 0 Å². The van der Waals surface area contributed by atoms with E-state index in [9.17, 15) is 14.7 Å². The summed E-state index contributed by atoms with van der Waals surface area (Å²) in [6, 6.07) is -0.205. The van der Waals surface area contributed by atoms with Crippen LogP contribution in [0, 0.1) is 11.8 Å². The fraction of sp³-hybridized carbons (Fsp3) is 0.846. The Balaban J connectivity index is 2.33. The Kier molecular flexibility index (Phi) is 6.08. The van der Waals surface area contributed by atoms with E-state index in [2.05, 4.69) is 5.32 Å². The van der Waals surface area contributed by atoms with Gasteiger partial charge >= 0.3 is 12.0 Å². The van der Waals surface area contributed by atoms with Crippen LogP contribution >= 0.6 is 0 Å². The number of carboxylic acid groups (broad SMARTS) is 1. The van der Waals surface area contributed by atoms with E-state index in [0.29, 0.717) is 19.5 Å². The van der Waals surface area contributed by atoms with Crippen LogP contribution in [0.15, 0.2) is 0 Å². The van der Waals surface area contributed by atoms with E-state index in [1.165, 1.54) is 0 Å². The molecule has 0 aromatic rings. The van der Waals surface area contributed by atoms with Gasteiger partial charge in [0.05, 0.1) is 12.0 Å². The first kappa shape index (κ1) is 15.8. The van der Waals surface area contributed by atoms with Crippen molar-refractivity contribution < 1.29 is 19.8 Å². The lowest BCUT2D eigenvalue weighted by Crippen LogP contribution is -2.47. The van der Waals surface area contributed by atoms with Crippen molar-refractivity contribution in [3.05, 3.63) is 0 Å². The first-order valence-corrected chi connectivity index (χ1v) is 6.89. The highest BCUT2D eigenvalue weighted by atomic mass is 16.4. The molecule has 1 aliphatic rings. The van der Waals surface area contributed by atoms with Crippen LogP contribution in [0.4, 0.5) is 4.79 Å². The Morgan fingerprint density at radius 3 is 2.37 bits per heavy atom. The number of carbonyl (C=O) groups excluding carboxylic acids is 1. The number of aliphatic carboxylic acids is 1. The van der Waals surface area contributed by atoms with E-state index >= 15 is 0 Å². The lowest BCUT2D eigenvalue weighted by Gasteiger charge is -2.33. The number of aliphatic hydroxyl groups is 1. The van der Waals surface area contributed by atoms with Crippen LogP contribution in [0.5, 0.6) is 0 Å². The molecule has 0 saturated carbocycles. The quantitative estimate of drug-likeness (QED) is 0.693. The number of piperidine rings is 1. The summed E-state index contributed by atoms with van der Waals surface area (Å²) in [5.41, 5.74) is 0. The monoisotopic (exact) mass is 272 g/mol. The molecule has 1 fully saturated rings. The smallest absolute Gasteiger partial charge is 0.317 e. The molecular formula is C13H24N2O4. The SMILES string of the molecule is CCC(CNC(=O)N1CCC(C(C)O)CC1)C(=O)O. The van der Waals surface area contributed by atoms with Crippen molar-refractivity contribution in [2.24, 2.45) is 11.8 Å². The van der Waals surface area contributed by atoms with Crippen molar-refractivity contribution >= 4 is 12.0 Å². The Morgan fingerprint density at radius 2 is 1.95 bits per heavy atom. The van der Waals surface area contributed by atoms with Crippen molar-refractivity contribution in [2.75, 3.05) is 19.6 Å². The Hall–Kier alpha value is -1.30. The van der Waals surface area contributed by atoms with E-state index in [1.807, 2.05) is 0 Å². The standard InChI is InChI=1S/C13H24N2O4/c1-3-10(12(17)18)8-14-13(19)15-6-4-11(5-7-15)9(2)16/h9-11,16H,3-8H2,1-2H3,(H,14,19)(H,17,18). The maximum atomic E-state index is 11.9. The third-order valence-corrected chi connectivity index (χ3v) is 3.85. The predicted octanol–water partition coefficient (Wildman–Crippen LogP) is 0.900. The molecule has 0 aromatic heterocycles. The molecule has 0 bridgehead atoms. The summed E-state index contributed by atoms with van der Waals surface area (Å²) in [4.78, 5) is 24.4. The number of urea groups is 1. The number of nitrogens with one attached hydrogen (secondary N) is 1. The fourth-order valence-electron chi connectivity index (χ4n) is 2.31. The molecule has 6 nitrogen and oxygen atoms in total. The van der Waals surface area contributed by atoms with E-state index in [1.54, 1.807) is 18.7 Å². The predicted molar refractivity (Wildman–Crippen MR) is 70.8 cm³/mol. The molecule has 0 radical (unpaired) electrons. The summed E-state index contributed by atoms with van der Waals surface area (Å²) in [5.74, 6) is -1.15. The number of likely N-dealkylation sites (tertiary alicyclic amines) is 1.